The first-order valence-corrected chi connectivity index (χ1v) is 8.33. The number of aliphatic hydroxyl groups excluding tert-OH is 1. The summed E-state index contributed by atoms with van der Waals surface area (Å²) < 4.78 is 22.7. The maximum Gasteiger partial charge on any atom is 0.150 e. The largest absolute Gasteiger partial charge is 0.388 e. The minimum Gasteiger partial charge on any atom is -0.388 e. The number of hydrogen-bond donors (Lipinski definition) is 1. The molecule has 108 valence electrons. The fourth-order valence-corrected chi connectivity index (χ4v) is 2.70. The van der Waals surface area contributed by atoms with Gasteiger partial charge in [-0.15, -0.1) is 0 Å². The topological polar surface area (TPSA) is 57.6 Å². The number of benzene rings is 1. The van der Waals surface area contributed by atoms with Crippen LogP contribution in [0, 0.1) is 0 Å². The van der Waals surface area contributed by atoms with Gasteiger partial charge in [0.15, 0.2) is 0 Å². The van der Waals surface area contributed by atoms with Crippen molar-refractivity contribution in [3.63, 3.8) is 0 Å². The molecule has 0 saturated carbocycles. The molecule has 1 N–H and O–H groups in total. The molecule has 0 aliphatic carbocycles. The lowest BCUT2D eigenvalue weighted by Crippen LogP contribution is -2.10. The molecule has 5 heteroatoms. The number of aliphatic hydroxyl groups is 1. The molecule has 0 fully saturated rings. The molecule has 0 spiro atoms. The van der Waals surface area contributed by atoms with Crippen LogP contribution >= 0.6 is 0 Å². The predicted octanol–water partition coefficient (Wildman–Crippen LogP) is 2.00. The molecule has 0 bridgehead atoms. The monoisotopic (exact) mass is 285 g/mol. The highest BCUT2D eigenvalue weighted by Gasteiger charge is 2.11. The molecule has 1 aromatic rings. The SMILES string of the molecule is CCS(=O)(=O)CCCC(O)c1ccc(N(C)C)cc1. The molecular weight excluding hydrogens is 262 g/mol. The Labute approximate surface area is 116 Å². The van der Waals surface area contributed by atoms with Gasteiger partial charge in [0.1, 0.15) is 9.84 Å². The van der Waals surface area contributed by atoms with E-state index in [1.165, 1.54) is 0 Å². The molecule has 0 aliphatic heterocycles. The van der Waals surface area contributed by atoms with Crippen LogP contribution in [0.1, 0.15) is 31.4 Å². The van der Waals surface area contributed by atoms with Gasteiger partial charge in [0, 0.05) is 25.5 Å². The number of nitrogens with zero attached hydrogens (tertiary/aromatic N) is 1. The first-order chi connectivity index (χ1) is 8.85. The summed E-state index contributed by atoms with van der Waals surface area (Å²) in [6, 6.07) is 7.66. The van der Waals surface area contributed by atoms with Crippen molar-refractivity contribution in [1.29, 1.82) is 0 Å². The molecule has 0 amide bonds. The third kappa shape index (κ3) is 5.20. The molecule has 0 saturated heterocycles. The summed E-state index contributed by atoms with van der Waals surface area (Å²) in [6.07, 6.45) is 0.371. The number of anilines is 1. The van der Waals surface area contributed by atoms with Crippen molar-refractivity contribution in [1.82, 2.24) is 0 Å². The third-order valence-corrected chi connectivity index (χ3v) is 4.96. The van der Waals surface area contributed by atoms with Crippen molar-refractivity contribution >= 4 is 15.5 Å². The second kappa shape index (κ2) is 6.91. The van der Waals surface area contributed by atoms with Crippen LogP contribution in [0.2, 0.25) is 0 Å². The van der Waals surface area contributed by atoms with Crippen molar-refractivity contribution in [2.75, 3.05) is 30.5 Å². The summed E-state index contributed by atoms with van der Waals surface area (Å²) in [6.45, 7) is 1.64. The number of hydrogen-bond acceptors (Lipinski definition) is 4. The van der Waals surface area contributed by atoms with Gasteiger partial charge in [0.25, 0.3) is 0 Å². The molecule has 0 heterocycles. The standard InChI is InChI=1S/C14H23NO3S/c1-4-19(17,18)11-5-6-14(16)12-7-9-13(10-8-12)15(2)3/h7-10,14,16H,4-6,11H2,1-3H3. The maximum absolute atomic E-state index is 11.3. The molecule has 1 atom stereocenters. The molecule has 1 unspecified atom stereocenters. The highest BCUT2D eigenvalue weighted by atomic mass is 32.2. The predicted molar refractivity (Wildman–Crippen MR) is 79.3 cm³/mol. The van der Waals surface area contributed by atoms with Gasteiger partial charge in [-0.3, -0.25) is 0 Å². The van der Waals surface area contributed by atoms with E-state index < -0.39 is 15.9 Å². The summed E-state index contributed by atoms with van der Waals surface area (Å²) in [5.41, 5.74) is 1.91. The van der Waals surface area contributed by atoms with Crippen molar-refractivity contribution in [3.8, 4) is 0 Å². The van der Waals surface area contributed by atoms with E-state index in [4.69, 9.17) is 0 Å². The Bertz CT molecular complexity index is 480. The lowest BCUT2D eigenvalue weighted by molar-refractivity contribution is 0.166. The van der Waals surface area contributed by atoms with Gasteiger partial charge in [-0.05, 0) is 30.5 Å². The highest BCUT2D eigenvalue weighted by Crippen LogP contribution is 2.21. The lowest BCUT2D eigenvalue weighted by Gasteiger charge is -2.15. The Kier molecular flexibility index (Phi) is 5.82. The fourth-order valence-electron chi connectivity index (χ4n) is 1.80. The summed E-state index contributed by atoms with van der Waals surface area (Å²) in [4.78, 5) is 1.99. The normalized spacial score (nSPS) is 13.3. The van der Waals surface area contributed by atoms with E-state index in [0.29, 0.717) is 12.8 Å². The summed E-state index contributed by atoms with van der Waals surface area (Å²) in [5.74, 6) is 0.316. The molecular formula is C14H23NO3S. The molecule has 4 nitrogen and oxygen atoms in total. The van der Waals surface area contributed by atoms with E-state index in [9.17, 15) is 13.5 Å². The summed E-state index contributed by atoms with van der Waals surface area (Å²) in [5, 5.41) is 10.0. The average Bonchev–Trinajstić information content (AvgIpc) is 2.38. The highest BCUT2D eigenvalue weighted by molar-refractivity contribution is 7.91. The van der Waals surface area contributed by atoms with Gasteiger partial charge >= 0.3 is 0 Å². The van der Waals surface area contributed by atoms with Crippen molar-refractivity contribution in [2.24, 2.45) is 0 Å². The molecule has 0 aliphatic rings. The van der Waals surface area contributed by atoms with Crippen molar-refractivity contribution < 1.29 is 13.5 Å². The molecule has 19 heavy (non-hydrogen) atoms. The van der Waals surface area contributed by atoms with E-state index in [0.717, 1.165) is 11.3 Å². The molecule has 1 rings (SSSR count). The Hall–Kier alpha value is -1.07. The first-order valence-electron chi connectivity index (χ1n) is 6.51. The third-order valence-electron chi connectivity index (χ3n) is 3.17. The second-order valence-electron chi connectivity index (χ2n) is 4.88. The van der Waals surface area contributed by atoms with Crippen LogP contribution in [-0.2, 0) is 9.84 Å². The zero-order valence-electron chi connectivity index (χ0n) is 11.8. The van der Waals surface area contributed by atoms with Crippen LogP contribution in [-0.4, -0.2) is 39.1 Å². The van der Waals surface area contributed by atoms with E-state index in [-0.39, 0.29) is 11.5 Å². The van der Waals surface area contributed by atoms with Crippen LogP contribution in [0.4, 0.5) is 5.69 Å². The van der Waals surface area contributed by atoms with Crippen LogP contribution in [0.15, 0.2) is 24.3 Å². The van der Waals surface area contributed by atoms with E-state index >= 15 is 0 Å². The van der Waals surface area contributed by atoms with Crippen molar-refractivity contribution in [3.05, 3.63) is 29.8 Å². The van der Waals surface area contributed by atoms with E-state index in [2.05, 4.69) is 0 Å². The van der Waals surface area contributed by atoms with E-state index in [1.54, 1.807) is 6.92 Å². The molecule has 0 aromatic heterocycles. The maximum atomic E-state index is 11.3. The van der Waals surface area contributed by atoms with Crippen LogP contribution in [0.3, 0.4) is 0 Å². The fraction of sp³-hybridized carbons (Fsp3) is 0.571. The quantitative estimate of drug-likeness (QED) is 0.832. The van der Waals surface area contributed by atoms with E-state index in [1.807, 2.05) is 43.3 Å². The summed E-state index contributed by atoms with van der Waals surface area (Å²) in [7, 11) is 0.986. The van der Waals surface area contributed by atoms with Crippen LogP contribution < -0.4 is 4.90 Å². The minimum atomic E-state index is -2.93. The van der Waals surface area contributed by atoms with Gasteiger partial charge in [-0.25, -0.2) is 8.42 Å². The molecule has 1 aromatic carbocycles. The summed E-state index contributed by atoms with van der Waals surface area (Å²) >= 11 is 0. The van der Waals surface area contributed by atoms with Gasteiger partial charge < -0.3 is 10.0 Å². The molecule has 0 radical (unpaired) electrons. The van der Waals surface area contributed by atoms with Gasteiger partial charge in [0.05, 0.1) is 11.9 Å². The Morgan fingerprint density at radius 1 is 1.21 bits per heavy atom. The second-order valence-corrected chi connectivity index (χ2v) is 7.35. The zero-order valence-corrected chi connectivity index (χ0v) is 12.7. The Balaban J connectivity index is 2.52. The van der Waals surface area contributed by atoms with Gasteiger partial charge in [-0.2, -0.15) is 0 Å². The van der Waals surface area contributed by atoms with Gasteiger partial charge in [-0.1, -0.05) is 19.1 Å². The smallest absolute Gasteiger partial charge is 0.150 e. The average molecular weight is 285 g/mol. The Morgan fingerprint density at radius 3 is 2.26 bits per heavy atom. The number of sulfone groups is 1. The lowest BCUT2D eigenvalue weighted by atomic mass is 10.0. The van der Waals surface area contributed by atoms with Crippen LogP contribution in [0.25, 0.3) is 0 Å². The zero-order chi connectivity index (χ0) is 14.5. The van der Waals surface area contributed by atoms with Gasteiger partial charge in [0.2, 0.25) is 0 Å². The Morgan fingerprint density at radius 2 is 1.79 bits per heavy atom. The van der Waals surface area contributed by atoms with Crippen molar-refractivity contribution in [2.45, 2.75) is 25.9 Å². The van der Waals surface area contributed by atoms with Crippen LogP contribution in [0.5, 0.6) is 0 Å². The first kappa shape index (κ1) is 16.0. The number of rotatable bonds is 7. The minimum absolute atomic E-state index is 0.149.